The summed E-state index contributed by atoms with van der Waals surface area (Å²) in [7, 11) is 1.69. The molecule has 4 nitrogen and oxygen atoms in total. The second-order valence-corrected chi connectivity index (χ2v) is 4.50. The molecule has 0 unspecified atom stereocenters. The van der Waals surface area contributed by atoms with Crippen molar-refractivity contribution in [3.8, 4) is 5.75 Å². The Kier molecular flexibility index (Phi) is 3.55. The van der Waals surface area contributed by atoms with Crippen LogP contribution in [-0.4, -0.2) is 17.1 Å². The summed E-state index contributed by atoms with van der Waals surface area (Å²) >= 11 is 0. The van der Waals surface area contributed by atoms with Crippen molar-refractivity contribution in [2.45, 2.75) is 26.7 Å². The third-order valence-corrected chi connectivity index (χ3v) is 3.11. The fraction of sp³-hybridized carbons (Fsp3) is 0.357. The Labute approximate surface area is 107 Å². The minimum Gasteiger partial charge on any atom is -0.496 e. The lowest BCUT2D eigenvalue weighted by Gasteiger charge is -2.07. The van der Waals surface area contributed by atoms with Gasteiger partial charge < -0.3 is 15.5 Å². The van der Waals surface area contributed by atoms with Crippen LogP contribution in [0, 0.1) is 13.8 Å². The molecular formula is C14H19N3O. The number of nitrogens with zero attached hydrogens (tertiary/aromatic N) is 1. The summed E-state index contributed by atoms with van der Waals surface area (Å²) in [6.45, 7) is 4.05. The summed E-state index contributed by atoms with van der Waals surface area (Å²) in [5, 5.41) is 0. The van der Waals surface area contributed by atoms with Crippen LogP contribution in [0.25, 0.3) is 0 Å². The molecule has 0 saturated carbocycles. The number of aryl methyl sites for hydroxylation is 4. The van der Waals surface area contributed by atoms with Crippen molar-refractivity contribution in [3.63, 3.8) is 0 Å². The number of nitrogens with one attached hydrogen (secondary N) is 1. The number of nitrogens with two attached hydrogens (primary N) is 1. The Hall–Kier alpha value is -1.97. The van der Waals surface area contributed by atoms with Crippen molar-refractivity contribution < 1.29 is 4.74 Å². The summed E-state index contributed by atoms with van der Waals surface area (Å²) < 4.78 is 5.25. The second kappa shape index (κ2) is 5.12. The number of rotatable bonds is 4. The van der Waals surface area contributed by atoms with Gasteiger partial charge in [0.25, 0.3) is 0 Å². The fourth-order valence-corrected chi connectivity index (χ4v) is 2.12. The van der Waals surface area contributed by atoms with E-state index in [0.29, 0.717) is 5.95 Å². The number of methoxy groups -OCH3 is 1. The molecule has 0 aliphatic heterocycles. The van der Waals surface area contributed by atoms with Crippen LogP contribution in [0.1, 0.15) is 22.5 Å². The van der Waals surface area contributed by atoms with Gasteiger partial charge in [0.1, 0.15) is 5.75 Å². The molecule has 0 spiro atoms. The Morgan fingerprint density at radius 1 is 1.28 bits per heavy atom. The van der Waals surface area contributed by atoms with Crippen LogP contribution >= 0.6 is 0 Å². The largest absolute Gasteiger partial charge is 0.496 e. The van der Waals surface area contributed by atoms with Gasteiger partial charge in [-0.15, -0.1) is 0 Å². The van der Waals surface area contributed by atoms with E-state index in [1.807, 2.05) is 13.0 Å². The first kappa shape index (κ1) is 12.5. The Morgan fingerprint density at radius 3 is 2.61 bits per heavy atom. The zero-order chi connectivity index (χ0) is 13.1. The van der Waals surface area contributed by atoms with E-state index in [-0.39, 0.29) is 0 Å². The number of H-pyrrole nitrogens is 1. The molecule has 0 radical (unpaired) electrons. The van der Waals surface area contributed by atoms with Crippen LogP contribution in [0.3, 0.4) is 0 Å². The molecule has 0 bridgehead atoms. The lowest BCUT2D eigenvalue weighted by Crippen LogP contribution is -1.96. The Bertz CT molecular complexity index is 546. The molecule has 4 heteroatoms. The third-order valence-electron chi connectivity index (χ3n) is 3.11. The van der Waals surface area contributed by atoms with Gasteiger partial charge in [-0.1, -0.05) is 12.1 Å². The minimum atomic E-state index is 0.494. The standard InChI is InChI=1S/C14H19N3O/c1-9-8-11(5-7-13(9)18-3)4-6-12-10(2)16-14(15)17-12/h5,7-8H,4,6H2,1-3H3,(H3,15,16,17). The third kappa shape index (κ3) is 2.64. The van der Waals surface area contributed by atoms with Gasteiger partial charge >= 0.3 is 0 Å². The predicted molar refractivity (Wildman–Crippen MR) is 72.9 cm³/mol. The Morgan fingerprint density at radius 2 is 2.06 bits per heavy atom. The molecule has 1 aromatic heterocycles. The average molecular weight is 245 g/mol. The summed E-state index contributed by atoms with van der Waals surface area (Å²) in [6, 6.07) is 6.26. The van der Waals surface area contributed by atoms with E-state index in [4.69, 9.17) is 10.5 Å². The Balaban J connectivity index is 2.06. The fourth-order valence-electron chi connectivity index (χ4n) is 2.12. The van der Waals surface area contributed by atoms with Crippen LogP contribution in [0.2, 0.25) is 0 Å². The number of benzene rings is 1. The highest BCUT2D eigenvalue weighted by Gasteiger charge is 2.06. The molecule has 0 amide bonds. The highest BCUT2D eigenvalue weighted by molar-refractivity contribution is 5.36. The SMILES string of the molecule is COc1ccc(CCc2nc(N)[nH]c2C)cc1C. The maximum atomic E-state index is 5.63. The van der Waals surface area contributed by atoms with Crippen LogP contribution in [0.4, 0.5) is 5.95 Å². The predicted octanol–water partition coefficient (Wildman–Crippen LogP) is 2.40. The van der Waals surface area contributed by atoms with Gasteiger partial charge in [-0.2, -0.15) is 0 Å². The summed E-state index contributed by atoms with van der Waals surface area (Å²) in [5.41, 5.74) is 10.2. The van der Waals surface area contributed by atoms with Crippen LogP contribution < -0.4 is 10.5 Å². The van der Waals surface area contributed by atoms with Crippen molar-refractivity contribution in [3.05, 3.63) is 40.7 Å². The van der Waals surface area contributed by atoms with Crippen molar-refractivity contribution in [1.29, 1.82) is 0 Å². The van der Waals surface area contributed by atoms with Gasteiger partial charge in [-0.25, -0.2) is 4.98 Å². The van der Waals surface area contributed by atoms with E-state index in [1.165, 1.54) is 5.56 Å². The van der Waals surface area contributed by atoms with E-state index < -0.39 is 0 Å². The lowest BCUT2D eigenvalue weighted by molar-refractivity contribution is 0.411. The lowest BCUT2D eigenvalue weighted by atomic mass is 10.0. The minimum absolute atomic E-state index is 0.494. The monoisotopic (exact) mass is 245 g/mol. The maximum absolute atomic E-state index is 5.63. The first-order valence-corrected chi connectivity index (χ1v) is 6.04. The summed E-state index contributed by atoms with van der Waals surface area (Å²) in [5.74, 6) is 1.42. The van der Waals surface area contributed by atoms with E-state index in [2.05, 4.69) is 29.0 Å². The number of imidazole rings is 1. The molecule has 2 rings (SSSR count). The van der Waals surface area contributed by atoms with E-state index >= 15 is 0 Å². The van der Waals surface area contributed by atoms with Crippen LogP contribution in [0.15, 0.2) is 18.2 Å². The molecule has 0 aliphatic carbocycles. The van der Waals surface area contributed by atoms with Gasteiger partial charge in [0, 0.05) is 5.69 Å². The van der Waals surface area contributed by atoms with Gasteiger partial charge in [-0.05, 0) is 43.9 Å². The van der Waals surface area contributed by atoms with Crippen LogP contribution in [-0.2, 0) is 12.8 Å². The molecule has 3 N–H and O–H groups in total. The number of anilines is 1. The number of hydrogen-bond acceptors (Lipinski definition) is 3. The highest BCUT2D eigenvalue weighted by Crippen LogP contribution is 2.19. The number of nitrogen functional groups attached to an aromatic ring is 1. The number of aromatic amines is 1. The molecule has 18 heavy (non-hydrogen) atoms. The molecule has 1 heterocycles. The van der Waals surface area contributed by atoms with E-state index in [9.17, 15) is 0 Å². The topological polar surface area (TPSA) is 63.9 Å². The number of aromatic nitrogens is 2. The number of ether oxygens (including phenoxy) is 1. The zero-order valence-electron chi connectivity index (χ0n) is 11.1. The highest BCUT2D eigenvalue weighted by atomic mass is 16.5. The van der Waals surface area contributed by atoms with Crippen molar-refractivity contribution in [1.82, 2.24) is 9.97 Å². The molecule has 2 aromatic rings. The van der Waals surface area contributed by atoms with E-state index in [0.717, 1.165) is 35.5 Å². The van der Waals surface area contributed by atoms with Gasteiger partial charge in [-0.3, -0.25) is 0 Å². The smallest absolute Gasteiger partial charge is 0.197 e. The normalized spacial score (nSPS) is 10.6. The number of hydrogen-bond donors (Lipinski definition) is 2. The molecule has 0 atom stereocenters. The molecule has 0 fully saturated rings. The summed E-state index contributed by atoms with van der Waals surface area (Å²) in [4.78, 5) is 7.30. The summed E-state index contributed by atoms with van der Waals surface area (Å²) in [6.07, 6.45) is 1.85. The quantitative estimate of drug-likeness (QED) is 0.869. The zero-order valence-corrected chi connectivity index (χ0v) is 11.1. The van der Waals surface area contributed by atoms with Gasteiger partial charge in [0.05, 0.1) is 12.8 Å². The first-order valence-electron chi connectivity index (χ1n) is 6.04. The van der Waals surface area contributed by atoms with E-state index in [1.54, 1.807) is 7.11 Å². The molecular weight excluding hydrogens is 226 g/mol. The van der Waals surface area contributed by atoms with Crippen LogP contribution in [0.5, 0.6) is 5.75 Å². The second-order valence-electron chi connectivity index (χ2n) is 4.50. The molecule has 1 aromatic carbocycles. The molecule has 96 valence electrons. The van der Waals surface area contributed by atoms with Crippen molar-refractivity contribution in [2.75, 3.05) is 12.8 Å². The first-order chi connectivity index (χ1) is 8.60. The maximum Gasteiger partial charge on any atom is 0.197 e. The average Bonchev–Trinajstić information content (AvgIpc) is 2.65. The van der Waals surface area contributed by atoms with Crippen molar-refractivity contribution >= 4 is 5.95 Å². The van der Waals surface area contributed by atoms with Gasteiger partial charge in [0.2, 0.25) is 0 Å². The molecule has 0 aliphatic rings. The molecule has 0 saturated heterocycles. The van der Waals surface area contributed by atoms with Crippen molar-refractivity contribution in [2.24, 2.45) is 0 Å². The van der Waals surface area contributed by atoms with Gasteiger partial charge in [0.15, 0.2) is 5.95 Å².